The lowest BCUT2D eigenvalue weighted by Gasteiger charge is -2.10. The molecule has 2 aromatic rings. The smallest absolute Gasteiger partial charge is 0.252 e. The molecule has 1 heterocycles. The van der Waals surface area contributed by atoms with Crippen LogP contribution in [0.1, 0.15) is 23.7 Å². The van der Waals surface area contributed by atoms with Gasteiger partial charge in [-0.2, -0.15) is 5.10 Å². The van der Waals surface area contributed by atoms with Crippen molar-refractivity contribution in [2.45, 2.75) is 24.8 Å². The lowest BCUT2D eigenvalue weighted by atomic mass is 10.2. The molecule has 0 bridgehead atoms. The van der Waals surface area contributed by atoms with Crippen molar-refractivity contribution < 1.29 is 13.2 Å². The van der Waals surface area contributed by atoms with E-state index in [9.17, 15) is 13.2 Å². The molecule has 0 saturated heterocycles. The third-order valence-corrected chi connectivity index (χ3v) is 5.04. The van der Waals surface area contributed by atoms with E-state index in [-0.39, 0.29) is 22.1 Å². The highest BCUT2D eigenvalue weighted by molar-refractivity contribution is 7.91. The second-order valence-corrected chi connectivity index (χ2v) is 7.02. The van der Waals surface area contributed by atoms with Gasteiger partial charge in [-0.3, -0.25) is 9.48 Å². The summed E-state index contributed by atoms with van der Waals surface area (Å²) in [5.74, 6) is -0.399. The molecule has 7 heteroatoms. The number of nitrogens with zero attached hydrogens (tertiary/aromatic N) is 2. The number of hydrogen-bond acceptors (Lipinski definition) is 4. The van der Waals surface area contributed by atoms with Crippen LogP contribution in [0.2, 0.25) is 0 Å². The zero-order chi connectivity index (χ0) is 16.0. The quantitative estimate of drug-likeness (QED) is 0.784. The first-order chi connectivity index (χ1) is 10.5. The standard InChI is InChI=1S/C15H19N3O3S/c1-2-22(20,21)14-8-4-3-7-13(14)15(19)16-9-5-11-18-12-6-10-17-18/h3-4,6-8,10,12H,2,5,9,11H2,1H3,(H,16,19). The number of sulfone groups is 1. The highest BCUT2D eigenvalue weighted by Crippen LogP contribution is 2.16. The molecule has 0 fully saturated rings. The van der Waals surface area contributed by atoms with Crippen LogP contribution in [0.3, 0.4) is 0 Å². The Labute approximate surface area is 130 Å². The molecule has 1 amide bonds. The summed E-state index contributed by atoms with van der Waals surface area (Å²) in [5.41, 5.74) is 0.198. The van der Waals surface area contributed by atoms with E-state index >= 15 is 0 Å². The Balaban J connectivity index is 1.98. The lowest BCUT2D eigenvalue weighted by Crippen LogP contribution is -2.27. The molecule has 1 N–H and O–H groups in total. The molecule has 1 aromatic heterocycles. The molecular formula is C15H19N3O3S. The Bertz CT molecular complexity index is 724. The number of rotatable bonds is 7. The molecule has 2 rings (SSSR count). The second-order valence-electron chi connectivity index (χ2n) is 4.78. The first kappa shape index (κ1) is 16.2. The summed E-state index contributed by atoms with van der Waals surface area (Å²) in [6.07, 6.45) is 4.27. The van der Waals surface area contributed by atoms with Gasteiger partial charge in [0.1, 0.15) is 0 Å². The second kappa shape index (κ2) is 7.22. The number of benzene rings is 1. The zero-order valence-electron chi connectivity index (χ0n) is 12.4. The van der Waals surface area contributed by atoms with Gasteiger partial charge in [0, 0.05) is 25.5 Å². The molecule has 0 spiro atoms. The number of nitrogens with one attached hydrogen (secondary N) is 1. The van der Waals surface area contributed by atoms with Crippen LogP contribution in [0.25, 0.3) is 0 Å². The number of aromatic nitrogens is 2. The van der Waals surface area contributed by atoms with Crippen molar-refractivity contribution in [3.05, 3.63) is 48.3 Å². The zero-order valence-corrected chi connectivity index (χ0v) is 13.2. The fourth-order valence-corrected chi connectivity index (χ4v) is 3.14. The van der Waals surface area contributed by atoms with Crippen molar-refractivity contribution in [1.82, 2.24) is 15.1 Å². The molecule has 0 aliphatic rings. The molecule has 6 nitrogen and oxygen atoms in total. The number of carbonyl (C=O) groups is 1. The Morgan fingerprint density at radius 3 is 2.73 bits per heavy atom. The molecule has 0 aliphatic heterocycles. The lowest BCUT2D eigenvalue weighted by molar-refractivity contribution is 0.0949. The van der Waals surface area contributed by atoms with E-state index < -0.39 is 9.84 Å². The third kappa shape index (κ3) is 3.94. The Hall–Kier alpha value is -2.15. The fourth-order valence-electron chi connectivity index (χ4n) is 2.05. The highest BCUT2D eigenvalue weighted by Gasteiger charge is 2.20. The van der Waals surface area contributed by atoms with Crippen molar-refractivity contribution in [2.75, 3.05) is 12.3 Å². The van der Waals surface area contributed by atoms with Crippen LogP contribution in [0.5, 0.6) is 0 Å². The van der Waals surface area contributed by atoms with Gasteiger partial charge in [0.25, 0.3) is 5.91 Å². The SMILES string of the molecule is CCS(=O)(=O)c1ccccc1C(=O)NCCCn1cccn1. The Morgan fingerprint density at radius 2 is 2.05 bits per heavy atom. The van der Waals surface area contributed by atoms with Gasteiger partial charge in [0.05, 0.1) is 16.2 Å². The van der Waals surface area contributed by atoms with Gasteiger partial charge >= 0.3 is 0 Å². The van der Waals surface area contributed by atoms with Crippen molar-refractivity contribution >= 4 is 15.7 Å². The largest absolute Gasteiger partial charge is 0.352 e. The summed E-state index contributed by atoms with van der Waals surface area (Å²) >= 11 is 0. The minimum atomic E-state index is -3.41. The van der Waals surface area contributed by atoms with Crippen LogP contribution in [0, 0.1) is 0 Å². The molecule has 0 atom stereocenters. The van der Waals surface area contributed by atoms with E-state index in [1.54, 1.807) is 29.9 Å². The normalized spacial score (nSPS) is 11.3. The summed E-state index contributed by atoms with van der Waals surface area (Å²) < 4.78 is 25.8. The van der Waals surface area contributed by atoms with Crippen LogP contribution in [0.4, 0.5) is 0 Å². The summed E-state index contributed by atoms with van der Waals surface area (Å²) in [4.78, 5) is 12.3. The van der Waals surface area contributed by atoms with Crippen molar-refractivity contribution in [3.8, 4) is 0 Å². The molecule has 1 aromatic carbocycles. The summed E-state index contributed by atoms with van der Waals surface area (Å²) in [6.45, 7) is 2.72. The van der Waals surface area contributed by atoms with E-state index in [4.69, 9.17) is 0 Å². The van der Waals surface area contributed by atoms with Gasteiger partial charge in [-0.15, -0.1) is 0 Å². The number of aryl methyl sites for hydroxylation is 1. The molecule has 0 radical (unpaired) electrons. The van der Waals surface area contributed by atoms with E-state index in [0.717, 1.165) is 6.42 Å². The molecule has 0 saturated carbocycles. The monoisotopic (exact) mass is 321 g/mol. The first-order valence-electron chi connectivity index (χ1n) is 7.12. The van der Waals surface area contributed by atoms with Crippen molar-refractivity contribution in [2.24, 2.45) is 0 Å². The van der Waals surface area contributed by atoms with Gasteiger partial charge in [0.2, 0.25) is 0 Å². The summed E-state index contributed by atoms with van der Waals surface area (Å²) in [7, 11) is -3.41. The number of amides is 1. The van der Waals surface area contributed by atoms with Gasteiger partial charge in [-0.1, -0.05) is 19.1 Å². The van der Waals surface area contributed by atoms with Crippen molar-refractivity contribution in [1.29, 1.82) is 0 Å². The topological polar surface area (TPSA) is 81.1 Å². The van der Waals surface area contributed by atoms with Crippen LogP contribution in [-0.4, -0.2) is 36.4 Å². The summed E-state index contributed by atoms with van der Waals surface area (Å²) in [6, 6.07) is 8.12. The maximum atomic E-state index is 12.2. The van der Waals surface area contributed by atoms with Crippen LogP contribution in [-0.2, 0) is 16.4 Å². The van der Waals surface area contributed by atoms with Gasteiger partial charge in [0.15, 0.2) is 9.84 Å². The van der Waals surface area contributed by atoms with Crippen LogP contribution >= 0.6 is 0 Å². The van der Waals surface area contributed by atoms with E-state index in [1.807, 2.05) is 12.3 Å². The average Bonchev–Trinajstić information content (AvgIpc) is 3.04. The van der Waals surface area contributed by atoms with Crippen LogP contribution < -0.4 is 5.32 Å². The minimum absolute atomic E-state index is 0.0312. The molecular weight excluding hydrogens is 302 g/mol. The minimum Gasteiger partial charge on any atom is -0.352 e. The maximum Gasteiger partial charge on any atom is 0.252 e. The van der Waals surface area contributed by atoms with E-state index in [0.29, 0.717) is 13.1 Å². The van der Waals surface area contributed by atoms with Crippen LogP contribution in [0.15, 0.2) is 47.6 Å². The van der Waals surface area contributed by atoms with Crippen molar-refractivity contribution in [3.63, 3.8) is 0 Å². The molecule has 22 heavy (non-hydrogen) atoms. The fraction of sp³-hybridized carbons (Fsp3) is 0.333. The van der Waals surface area contributed by atoms with Gasteiger partial charge < -0.3 is 5.32 Å². The predicted molar refractivity (Wildman–Crippen MR) is 83.3 cm³/mol. The van der Waals surface area contributed by atoms with Gasteiger partial charge in [-0.25, -0.2) is 8.42 Å². The average molecular weight is 321 g/mol. The highest BCUT2D eigenvalue weighted by atomic mass is 32.2. The number of carbonyl (C=O) groups excluding carboxylic acids is 1. The van der Waals surface area contributed by atoms with E-state index in [1.165, 1.54) is 12.1 Å². The third-order valence-electron chi connectivity index (χ3n) is 3.26. The van der Waals surface area contributed by atoms with Gasteiger partial charge in [-0.05, 0) is 24.6 Å². The molecule has 0 unspecified atom stereocenters. The Morgan fingerprint density at radius 1 is 1.27 bits per heavy atom. The first-order valence-corrected chi connectivity index (χ1v) is 8.77. The predicted octanol–water partition coefficient (Wildman–Crippen LogP) is 1.50. The summed E-state index contributed by atoms with van der Waals surface area (Å²) in [5, 5.41) is 6.83. The molecule has 0 aliphatic carbocycles. The number of hydrogen-bond donors (Lipinski definition) is 1. The molecule has 118 valence electrons. The van der Waals surface area contributed by atoms with E-state index in [2.05, 4.69) is 10.4 Å². The maximum absolute atomic E-state index is 12.2. The Kier molecular flexibility index (Phi) is 5.32.